The first-order chi connectivity index (χ1) is 30.6. The second-order valence-corrected chi connectivity index (χ2v) is 16.5. The van der Waals surface area contributed by atoms with Gasteiger partial charge in [-0.15, -0.1) is 0 Å². The molecule has 2 N–H and O–H groups in total. The van der Waals surface area contributed by atoms with Crippen molar-refractivity contribution in [2.75, 3.05) is 45.0 Å². The third kappa shape index (κ3) is 7.98. The highest BCUT2D eigenvalue weighted by Crippen LogP contribution is 2.44. The summed E-state index contributed by atoms with van der Waals surface area (Å²) < 4.78 is 19.7. The Hall–Kier alpha value is -7.40. The minimum atomic E-state index is -0.0438. The zero-order valence-corrected chi connectivity index (χ0v) is 36.2. The molecule has 0 amide bonds. The Kier molecular flexibility index (Phi) is 10.4. The number of nitrogens with zero attached hydrogens (tertiary/aromatic N) is 13. The maximum Gasteiger partial charge on any atom is 0.227 e. The molecule has 2 aromatic carbocycles. The number of aryl methyl sites for hydroxylation is 5. The van der Waals surface area contributed by atoms with Gasteiger partial charge in [-0.05, 0) is 74.5 Å². The number of fused-ring (bicyclic) bond motifs is 6. The summed E-state index contributed by atoms with van der Waals surface area (Å²) in [7, 11) is 11.7. The zero-order valence-electron chi connectivity index (χ0n) is 36.2. The van der Waals surface area contributed by atoms with E-state index in [-0.39, 0.29) is 5.92 Å². The van der Waals surface area contributed by atoms with Crippen LogP contribution in [0.3, 0.4) is 0 Å². The number of benzene rings is 2. The van der Waals surface area contributed by atoms with Crippen LogP contribution in [-0.4, -0.2) is 98.3 Å². The van der Waals surface area contributed by atoms with Crippen molar-refractivity contribution in [3.05, 3.63) is 119 Å². The van der Waals surface area contributed by atoms with Crippen molar-refractivity contribution in [3.8, 4) is 45.3 Å². The van der Waals surface area contributed by atoms with E-state index in [1.165, 1.54) is 0 Å². The molecule has 17 heteroatoms. The van der Waals surface area contributed by atoms with Gasteiger partial charge in [0.1, 0.15) is 11.5 Å². The highest BCUT2D eigenvalue weighted by Gasteiger charge is 2.33. The molecule has 320 valence electrons. The van der Waals surface area contributed by atoms with E-state index in [9.17, 15) is 0 Å². The second kappa shape index (κ2) is 16.5. The van der Waals surface area contributed by atoms with Crippen molar-refractivity contribution in [1.82, 2.24) is 64.0 Å². The SMILES string of the molecule is COc1ccc(-c2c3c(nn2C)CC(COc2cccc(Cc4c5c(nn4C)CCc4cnc(Nc6cnn(CCN(C)C)c6)nc4-5)c2)c2cnc(Nc4cnn(C)c4)nc2-3)cc1. The first-order valence-electron chi connectivity index (χ1n) is 21.1. The Morgan fingerprint density at radius 3 is 2.32 bits per heavy atom. The van der Waals surface area contributed by atoms with E-state index in [1.807, 2.05) is 84.4 Å². The first kappa shape index (κ1) is 39.7. The quantitative estimate of drug-likeness (QED) is 0.128. The molecule has 8 aromatic rings. The maximum absolute atomic E-state index is 6.66. The summed E-state index contributed by atoms with van der Waals surface area (Å²) in [4.78, 5) is 21.8. The molecule has 2 aliphatic rings. The number of aromatic nitrogens is 12. The molecule has 1 atom stereocenters. The number of nitrogens with one attached hydrogen (secondary N) is 2. The van der Waals surface area contributed by atoms with Gasteiger partial charge in [0.05, 0.1) is 78.2 Å². The van der Waals surface area contributed by atoms with Crippen LogP contribution in [0.5, 0.6) is 11.5 Å². The van der Waals surface area contributed by atoms with Crippen LogP contribution >= 0.6 is 0 Å². The van der Waals surface area contributed by atoms with E-state index in [1.54, 1.807) is 18.0 Å². The summed E-state index contributed by atoms with van der Waals surface area (Å²) >= 11 is 0. The Morgan fingerprint density at radius 1 is 0.778 bits per heavy atom. The lowest BCUT2D eigenvalue weighted by Crippen LogP contribution is -2.20. The maximum atomic E-state index is 6.66. The molecule has 0 saturated carbocycles. The average Bonchev–Trinajstić information content (AvgIpc) is 4.07. The summed E-state index contributed by atoms with van der Waals surface area (Å²) in [6.07, 6.45) is 14.3. The van der Waals surface area contributed by atoms with Crippen molar-refractivity contribution >= 4 is 23.3 Å². The summed E-state index contributed by atoms with van der Waals surface area (Å²) in [6.45, 7) is 2.11. The van der Waals surface area contributed by atoms with Gasteiger partial charge in [-0.1, -0.05) is 12.1 Å². The fourth-order valence-electron chi connectivity index (χ4n) is 8.62. The Labute approximate surface area is 364 Å². The molecule has 2 aliphatic carbocycles. The van der Waals surface area contributed by atoms with Gasteiger partial charge >= 0.3 is 0 Å². The molecule has 10 rings (SSSR count). The number of ether oxygens (including phenoxy) is 2. The lowest BCUT2D eigenvalue weighted by Gasteiger charge is -2.25. The normalized spacial score (nSPS) is 13.9. The number of hydrogen-bond donors (Lipinski definition) is 2. The number of methoxy groups -OCH3 is 1. The third-order valence-corrected chi connectivity index (χ3v) is 11.7. The molecular weight excluding hydrogens is 795 g/mol. The summed E-state index contributed by atoms with van der Waals surface area (Å²) in [5.74, 6) is 2.54. The molecule has 0 spiro atoms. The molecule has 63 heavy (non-hydrogen) atoms. The summed E-state index contributed by atoms with van der Waals surface area (Å²) in [5.41, 5.74) is 13.8. The van der Waals surface area contributed by atoms with E-state index in [0.29, 0.717) is 31.3 Å². The predicted octanol–water partition coefficient (Wildman–Crippen LogP) is 6.13. The summed E-state index contributed by atoms with van der Waals surface area (Å²) in [6, 6.07) is 16.4. The molecule has 1 unspecified atom stereocenters. The van der Waals surface area contributed by atoms with Crippen LogP contribution in [0.4, 0.5) is 23.3 Å². The van der Waals surface area contributed by atoms with Gasteiger partial charge in [0.25, 0.3) is 0 Å². The van der Waals surface area contributed by atoms with Crippen molar-refractivity contribution < 1.29 is 9.47 Å². The lowest BCUT2D eigenvalue weighted by atomic mass is 9.84. The van der Waals surface area contributed by atoms with Crippen LogP contribution in [0.1, 0.15) is 39.7 Å². The van der Waals surface area contributed by atoms with Gasteiger partial charge in [0, 0.05) is 93.5 Å². The Morgan fingerprint density at radius 2 is 1.54 bits per heavy atom. The molecule has 0 bridgehead atoms. The second-order valence-electron chi connectivity index (χ2n) is 16.5. The van der Waals surface area contributed by atoms with E-state index in [0.717, 1.165) is 116 Å². The monoisotopic (exact) mass is 843 g/mol. The highest BCUT2D eigenvalue weighted by molar-refractivity contribution is 5.85. The molecule has 17 nitrogen and oxygen atoms in total. The summed E-state index contributed by atoms with van der Waals surface area (Å²) in [5, 5.41) is 25.5. The average molecular weight is 844 g/mol. The van der Waals surface area contributed by atoms with Crippen LogP contribution in [0.15, 0.2) is 85.7 Å². The molecule has 6 aromatic heterocycles. The molecule has 0 aliphatic heterocycles. The van der Waals surface area contributed by atoms with Gasteiger partial charge in [-0.2, -0.15) is 20.4 Å². The molecule has 6 heterocycles. The smallest absolute Gasteiger partial charge is 0.227 e. The highest BCUT2D eigenvalue weighted by atomic mass is 16.5. The predicted molar refractivity (Wildman–Crippen MR) is 240 cm³/mol. The molecular formula is C46H49N15O2. The van der Waals surface area contributed by atoms with Crippen molar-refractivity contribution in [1.29, 1.82) is 0 Å². The van der Waals surface area contributed by atoms with Crippen molar-refractivity contribution in [2.45, 2.75) is 38.1 Å². The van der Waals surface area contributed by atoms with E-state index < -0.39 is 0 Å². The fourth-order valence-corrected chi connectivity index (χ4v) is 8.62. The van der Waals surface area contributed by atoms with Gasteiger partial charge in [0.15, 0.2) is 0 Å². The largest absolute Gasteiger partial charge is 0.497 e. The minimum Gasteiger partial charge on any atom is -0.497 e. The van der Waals surface area contributed by atoms with Crippen LogP contribution in [-0.2, 0) is 53.4 Å². The zero-order chi connectivity index (χ0) is 43.2. The van der Waals surface area contributed by atoms with Crippen molar-refractivity contribution in [3.63, 3.8) is 0 Å². The fraction of sp³-hybridized carbons (Fsp3) is 0.304. The first-order valence-corrected chi connectivity index (χ1v) is 21.1. The number of likely N-dealkylation sites (N-methyl/N-ethyl adjacent to an activating group) is 1. The van der Waals surface area contributed by atoms with E-state index >= 15 is 0 Å². The molecule has 0 saturated heterocycles. The molecule has 0 fully saturated rings. The van der Waals surface area contributed by atoms with Crippen LogP contribution in [0.2, 0.25) is 0 Å². The molecule has 0 radical (unpaired) electrons. The van der Waals surface area contributed by atoms with Crippen LogP contribution < -0.4 is 20.1 Å². The number of rotatable bonds is 14. The number of hydrogen-bond acceptors (Lipinski definition) is 13. The van der Waals surface area contributed by atoms with E-state index in [2.05, 4.69) is 75.1 Å². The Balaban J connectivity index is 0.900. The van der Waals surface area contributed by atoms with Gasteiger partial charge in [0.2, 0.25) is 11.9 Å². The van der Waals surface area contributed by atoms with E-state index in [4.69, 9.17) is 34.6 Å². The van der Waals surface area contributed by atoms with Gasteiger partial charge < -0.3 is 25.0 Å². The van der Waals surface area contributed by atoms with Gasteiger partial charge in [-0.25, -0.2) is 19.9 Å². The minimum absolute atomic E-state index is 0.0438. The van der Waals surface area contributed by atoms with Gasteiger partial charge in [-0.3, -0.25) is 18.7 Å². The lowest BCUT2D eigenvalue weighted by molar-refractivity contribution is 0.285. The number of anilines is 4. The third-order valence-electron chi connectivity index (χ3n) is 11.7. The van der Waals surface area contributed by atoms with Crippen LogP contribution in [0.25, 0.3) is 33.8 Å². The van der Waals surface area contributed by atoms with Crippen LogP contribution in [0, 0.1) is 0 Å². The Bertz CT molecular complexity index is 2940. The van der Waals surface area contributed by atoms with Crippen molar-refractivity contribution in [2.24, 2.45) is 21.1 Å². The topological polar surface area (TPSA) is 169 Å². The standard InChI is InChI=1S/C46H49N15O2/c1-57(2)16-17-61-26-33(23-50-61)52-45-47-21-30-12-15-37-40(42(30)53-45)39(59(4)55-37)19-28-8-7-9-35(18-28)63-27-31-20-38-41(44(60(5)56-38)29-10-13-34(62-6)14-11-29)43-36(31)24-48-46(54-43)51-32-22-49-58(3)25-32/h7-11,13-14,18,21-26,31H,12,15-17,19-20,27H2,1-6H3,(H,47,52,53)(H,48,51,54).